The molecule has 3 aromatic rings. The van der Waals surface area contributed by atoms with Crippen LogP contribution in [0.15, 0.2) is 60.1 Å². The van der Waals surface area contributed by atoms with Gasteiger partial charge >= 0.3 is 0 Å². The molecule has 1 N–H and O–H groups in total. The summed E-state index contributed by atoms with van der Waals surface area (Å²) in [6, 6.07) is 17.9. The van der Waals surface area contributed by atoms with E-state index in [4.69, 9.17) is 4.74 Å². The van der Waals surface area contributed by atoms with Gasteiger partial charge in [-0.05, 0) is 23.3 Å². The molecule has 26 heavy (non-hydrogen) atoms. The number of nitrogens with one attached hydrogen (secondary N) is 1. The molecular weight excluding hydrogens is 346 g/mol. The van der Waals surface area contributed by atoms with Crippen LogP contribution in [0.2, 0.25) is 0 Å². The molecule has 0 spiro atoms. The van der Waals surface area contributed by atoms with Crippen LogP contribution in [0.4, 0.5) is 5.13 Å². The number of methoxy groups -OCH3 is 1. The zero-order chi connectivity index (χ0) is 18.6. The number of carbonyl (C=O) groups is 1. The zero-order valence-corrected chi connectivity index (χ0v) is 15.8. The maximum Gasteiger partial charge on any atom is 0.232 e. The van der Waals surface area contributed by atoms with E-state index >= 15 is 0 Å². The topological polar surface area (TPSA) is 64.1 Å². The van der Waals surface area contributed by atoms with Crippen LogP contribution in [0.1, 0.15) is 30.9 Å². The molecule has 1 atom stereocenters. The highest BCUT2D eigenvalue weighted by Gasteiger charge is 2.39. The lowest BCUT2D eigenvalue weighted by atomic mass is 9.70. The van der Waals surface area contributed by atoms with Gasteiger partial charge in [0.05, 0.1) is 12.5 Å². The van der Waals surface area contributed by atoms with Crippen molar-refractivity contribution < 1.29 is 9.53 Å². The lowest BCUT2D eigenvalue weighted by molar-refractivity contribution is -0.124. The monoisotopic (exact) mass is 367 g/mol. The van der Waals surface area contributed by atoms with Crippen LogP contribution in [0.25, 0.3) is 0 Å². The van der Waals surface area contributed by atoms with E-state index in [1.807, 2.05) is 56.3 Å². The third kappa shape index (κ3) is 3.75. The molecule has 2 aromatic carbocycles. The molecule has 0 aliphatic rings. The van der Waals surface area contributed by atoms with Crippen molar-refractivity contribution in [2.75, 3.05) is 12.4 Å². The first-order valence-corrected chi connectivity index (χ1v) is 9.17. The van der Waals surface area contributed by atoms with E-state index in [1.165, 1.54) is 11.3 Å². The Morgan fingerprint density at radius 3 is 2.31 bits per heavy atom. The van der Waals surface area contributed by atoms with Crippen molar-refractivity contribution >= 4 is 22.4 Å². The fraction of sp³-hybridized carbons (Fsp3) is 0.250. The molecule has 3 rings (SSSR count). The number of hydrogen-bond donors (Lipinski definition) is 1. The summed E-state index contributed by atoms with van der Waals surface area (Å²) >= 11 is 1.30. The van der Waals surface area contributed by atoms with Gasteiger partial charge in [0.1, 0.15) is 11.3 Å². The van der Waals surface area contributed by atoms with Gasteiger partial charge in [0.2, 0.25) is 11.0 Å². The lowest BCUT2D eigenvalue weighted by Gasteiger charge is -2.33. The number of rotatable bonds is 6. The van der Waals surface area contributed by atoms with Crippen LogP contribution in [0.3, 0.4) is 0 Å². The molecule has 1 heterocycles. The lowest BCUT2D eigenvalue weighted by Crippen LogP contribution is -2.37. The van der Waals surface area contributed by atoms with Crippen molar-refractivity contribution in [1.29, 1.82) is 0 Å². The summed E-state index contributed by atoms with van der Waals surface area (Å²) in [7, 11) is 1.64. The second-order valence-electron chi connectivity index (χ2n) is 6.54. The molecule has 0 aliphatic carbocycles. The molecule has 1 amide bonds. The van der Waals surface area contributed by atoms with E-state index in [-0.39, 0.29) is 11.8 Å². The SMILES string of the molecule is COc1ccc([C@H](c2ccccc2)C(C)(C)C(=O)Nc2nncs2)cc1. The number of hydrogen-bond acceptors (Lipinski definition) is 5. The molecule has 1 aromatic heterocycles. The number of benzene rings is 2. The minimum Gasteiger partial charge on any atom is -0.497 e. The fourth-order valence-corrected chi connectivity index (χ4v) is 3.52. The van der Waals surface area contributed by atoms with Crippen molar-refractivity contribution in [3.63, 3.8) is 0 Å². The molecule has 0 radical (unpaired) electrons. The normalized spacial score (nSPS) is 12.4. The quantitative estimate of drug-likeness (QED) is 0.704. The summed E-state index contributed by atoms with van der Waals surface area (Å²) in [6.45, 7) is 3.90. The van der Waals surface area contributed by atoms with Gasteiger partial charge in [-0.1, -0.05) is 67.6 Å². The van der Waals surface area contributed by atoms with Gasteiger partial charge < -0.3 is 10.1 Å². The van der Waals surface area contributed by atoms with E-state index < -0.39 is 5.41 Å². The summed E-state index contributed by atoms with van der Waals surface area (Å²) < 4.78 is 5.26. The average Bonchev–Trinajstić information content (AvgIpc) is 3.16. The first kappa shape index (κ1) is 18.1. The zero-order valence-electron chi connectivity index (χ0n) is 15.0. The van der Waals surface area contributed by atoms with Crippen LogP contribution in [0, 0.1) is 5.41 Å². The number of ether oxygens (including phenoxy) is 1. The van der Waals surface area contributed by atoms with E-state index in [1.54, 1.807) is 12.6 Å². The smallest absolute Gasteiger partial charge is 0.232 e. The Bertz CT molecular complexity index is 847. The predicted octanol–water partition coefficient (Wildman–Crippen LogP) is 4.34. The minimum atomic E-state index is -0.707. The van der Waals surface area contributed by atoms with Gasteiger partial charge in [-0.2, -0.15) is 0 Å². The van der Waals surface area contributed by atoms with Crippen LogP contribution < -0.4 is 10.1 Å². The number of carbonyl (C=O) groups excluding carboxylic acids is 1. The molecular formula is C20H21N3O2S. The molecule has 0 aliphatic heterocycles. The summed E-state index contributed by atoms with van der Waals surface area (Å²) in [5.74, 6) is 0.568. The largest absolute Gasteiger partial charge is 0.497 e. The van der Waals surface area contributed by atoms with E-state index in [0.29, 0.717) is 5.13 Å². The number of aromatic nitrogens is 2. The van der Waals surface area contributed by atoms with Gasteiger partial charge in [0.15, 0.2) is 0 Å². The first-order chi connectivity index (χ1) is 12.5. The van der Waals surface area contributed by atoms with Crippen LogP contribution in [-0.4, -0.2) is 23.2 Å². The molecule has 0 saturated heterocycles. The van der Waals surface area contributed by atoms with Crippen molar-refractivity contribution in [2.24, 2.45) is 5.41 Å². The van der Waals surface area contributed by atoms with Crippen LogP contribution in [0.5, 0.6) is 5.75 Å². The van der Waals surface area contributed by atoms with E-state index in [0.717, 1.165) is 16.9 Å². The third-order valence-electron chi connectivity index (χ3n) is 4.47. The van der Waals surface area contributed by atoms with Crippen molar-refractivity contribution in [2.45, 2.75) is 19.8 Å². The fourth-order valence-electron chi connectivity index (χ4n) is 3.08. The number of amides is 1. The number of anilines is 1. The Kier molecular flexibility index (Phi) is 5.32. The second-order valence-corrected chi connectivity index (χ2v) is 7.37. The Morgan fingerprint density at radius 1 is 1.08 bits per heavy atom. The van der Waals surface area contributed by atoms with Crippen LogP contribution >= 0.6 is 11.3 Å². The number of nitrogens with zero attached hydrogens (tertiary/aromatic N) is 2. The van der Waals surface area contributed by atoms with Gasteiger partial charge in [-0.25, -0.2) is 0 Å². The summed E-state index contributed by atoms with van der Waals surface area (Å²) in [6.07, 6.45) is 0. The standard InChI is InChI=1S/C20H21N3O2S/c1-20(2,18(24)22-19-23-21-13-26-19)17(14-7-5-4-6-8-14)15-9-11-16(25-3)12-10-15/h4-13,17H,1-3H3,(H,22,23,24)/t17-/m0/s1. The average molecular weight is 367 g/mol. The van der Waals surface area contributed by atoms with E-state index in [2.05, 4.69) is 27.6 Å². The molecule has 0 fully saturated rings. The summed E-state index contributed by atoms with van der Waals surface area (Å²) in [5, 5.41) is 11.1. The molecule has 0 saturated carbocycles. The van der Waals surface area contributed by atoms with Crippen molar-refractivity contribution in [1.82, 2.24) is 10.2 Å². The third-order valence-corrected chi connectivity index (χ3v) is 5.08. The van der Waals surface area contributed by atoms with Crippen LogP contribution in [-0.2, 0) is 4.79 Å². The van der Waals surface area contributed by atoms with Gasteiger partial charge in [0, 0.05) is 5.92 Å². The summed E-state index contributed by atoms with van der Waals surface area (Å²) in [5.41, 5.74) is 3.02. The Balaban J connectivity index is 1.99. The van der Waals surface area contributed by atoms with Crippen molar-refractivity contribution in [3.8, 4) is 5.75 Å². The Morgan fingerprint density at radius 2 is 1.73 bits per heavy atom. The molecule has 0 unspecified atom stereocenters. The first-order valence-electron chi connectivity index (χ1n) is 8.29. The van der Waals surface area contributed by atoms with Gasteiger partial charge in [-0.3, -0.25) is 4.79 Å². The predicted molar refractivity (Wildman–Crippen MR) is 104 cm³/mol. The Hall–Kier alpha value is -2.73. The highest BCUT2D eigenvalue weighted by atomic mass is 32.1. The maximum absolute atomic E-state index is 13.0. The van der Waals surface area contributed by atoms with Gasteiger partial charge in [0.25, 0.3) is 0 Å². The highest BCUT2D eigenvalue weighted by Crippen LogP contribution is 2.42. The highest BCUT2D eigenvalue weighted by molar-refractivity contribution is 7.13. The maximum atomic E-state index is 13.0. The minimum absolute atomic E-state index is 0.0982. The van der Waals surface area contributed by atoms with E-state index in [9.17, 15) is 4.79 Å². The Labute approximate surface area is 157 Å². The molecule has 6 heteroatoms. The van der Waals surface area contributed by atoms with Crippen molar-refractivity contribution in [3.05, 3.63) is 71.2 Å². The van der Waals surface area contributed by atoms with Gasteiger partial charge in [-0.15, -0.1) is 10.2 Å². The second kappa shape index (κ2) is 7.66. The molecule has 134 valence electrons. The summed E-state index contributed by atoms with van der Waals surface area (Å²) in [4.78, 5) is 13.0. The molecule has 0 bridgehead atoms. The molecule has 5 nitrogen and oxygen atoms in total.